The molecule has 0 fully saturated rings. The number of nitrogens with zero attached hydrogens (tertiary/aromatic N) is 3. The summed E-state index contributed by atoms with van der Waals surface area (Å²) in [5.41, 5.74) is 2.15. The summed E-state index contributed by atoms with van der Waals surface area (Å²) in [7, 11) is 0. The van der Waals surface area contributed by atoms with Gasteiger partial charge in [-0.25, -0.2) is 4.68 Å². The first-order chi connectivity index (χ1) is 11.0. The van der Waals surface area contributed by atoms with Crippen molar-refractivity contribution in [2.45, 2.75) is 26.8 Å². The van der Waals surface area contributed by atoms with E-state index in [-0.39, 0.29) is 17.9 Å². The Hall–Kier alpha value is -2.34. The van der Waals surface area contributed by atoms with Crippen molar-refractivity contribution in [1.29, 1.82) is 0 Å². The van der Waals surface area contributed by atoms with Crippen LogP contribution in [0.15, 0.2) is 41.9 Å². The van der Waals surface area contributed by atoms with Crippen LogP contribution in [-0.4, -0.2) is 20.7 Å². The predicted molar refractivity (Wildman–Crippen MR) is 90.3 cm³/mol. The topological polar surface area (TPSA) is 71.8 Å². The summed E-state index contributed by atoms with van der Waals surface area (Å²) in [6.45, 7) is 6.00. The quantitative estimate of drug-likeness (QED) is 0.903. The van der Waals surface area contributed by atoms with E-state index in [1.807, 2.05) is 6.92 Å². The number of nitrogens with one attached hydrogen (secondary N) is 2. The molecule has 0 aliphatic carbocycles. The van der Waals surface area contributed by atoms with Gasteiger partial charge in [0.2, 0.25) is 5.95 Å². The number of rotatable bonds is 3. The van der Waals surface area contributed by atoms with Crippen LogP contribution in [-0.2, 0) is 4.79 Å². The molecule has 0 spiro atoms. The number of fused-ring (bicyclic) bond motifs is 1. The summed E-state index contributed by atoms with van der Waals surface area (Å²) in [5, 5.41) is 10.9. The van der Waals surface area contributed by atoms with Gasteiger partial charge in [0, 0.05) is 16.4 Å². The van der Waals surface area contributed by atoms with Gasteiger partial charge in [-0.05, 0) is 37.1 Å². The van der Waals surface area contributed by atoms with Gasteiger partial charge in [0.05, 0.1) is 11.6 Å². The van der Waals surface area contributed by atoms with Crippen LogP contribution in [0.25, 0.3) is 0 Å². The molecule has 7 heteroatoms. The molecule has 1 aromatic carbocycles. The summed E-state index contributed by atoms with van der Waals surface area (Å²) < 4.78 is 1.76. The standard InChI is InChI=1S/C16H18ClN5O/c1-9(2)14-13(10(3)20-16-18-8-19-22(14)16)15(23)21-12-6-4-11(17)5-7-12/h4-9,14H,1-3H3,(H,21,23)(H,18,19,20). The minimum Gasteiger partial charge on any atom is -0.328 e. The minimum atomic E-state index is -0.166. The van der Waals surface area contributed by atoms with Crippen molar-refractivity contribution in [3.63, 3.8) is 0 Å². The molecule has 0 bridgehead atoms. The van der Waals surface area contributed by atoms with Crippen molar-refractivity contribution in [2.24, 2.45) is 5.92 Å². The largest absolute Gasteiger partial charge is 0.328 e. The maximum Gasteiger partial charge on any atom is 0.255 e. The Morgan fingerprint density at radius 2 is 2.04 bits per heavy atom. The molecule has 6 nitrogen and oxygen atoms in total. The summed E-state index contributed by atoms with van der Waals surface area (Å²) >= 11 is 5.88. The molecule has 1 aliphatic heterocycles. The second-order valence-corrected chi connectivity index (χ2v) is 6.28. The van der Waals surface area contributed by atoms with Crippen LogP contribution in [0.3, 0.4) is 0 Å². The second-order valence-electron chi connectivity index (χ2n) is 5.84. The van der Waals surface area contributed by atoms with Crippen molar-refractivity contribution < 1.29 is 4.79 Å². The molecule has 2 heterocycles. The monoisotopic (exact) mass is 331 g/mol. The second kappa shape index (κ2) is 6.04. The molecule has 2 N–H and O–H groups in total. The molecule has 0 saturated heterocycles. The number of hydrogen-bond donors (Lipinski definition) is 2. The predicted octanol–water partition coefficient (Wildman–Crippen LogP) is 3.47. The third-order valence-electron chi connectivity index (χ3n) is 3.81. The number of carbonyl (C=O) groups is 1. The molecule has 1 aromatic heterocycles. The number of aromatic nitrogens is 3. The molecular weight excluding hydrogens is 314 g/mol. The van der Waals surface area contributed by atoms with Crippen LogP contribution in [0.1, 0.15) is 26.8 Å². The lowest BCUT2D eigenvalue weighted by Gasteiger charge is -2.30. The van der Waals surface area contributed by atoms with Crippen LogP contribution in [0.5, 0.6) is 0 Å². The van der Waals surface area contributed by atoms with Crippen molar-refractivity contribution in [3.8, 4) is 0 Å². The number of carbonyl (C=O) groups excluding carboxylic acids is 1. The Morgan fingerprint density at radius 1 is 1.35 bits per heavy atom. The van der Waals surface area contributed by atoms with Gasteiger partial charge in [0.25, 0.3) is 5.91 Å². The average molecular weight is 332 g/mol. The Morgan fingerprint density at radius 3 is 2.70 bits per heavy atom. The number of allylic oxidation sites excluding steroid dienone is 1. The van der Waals surface area contributed by atoms with Gasteiger partial charge in [-0.15, -0.1) is 0 Å². The SMILES string of the molecule is CC1=C(C(=O)Nc2ccc(Cl)cc2)C(C(C)C)n2ncnc2N1. The average Bonchev–Trinajstić information content (AvgIpc) is 2.95. The summed E-state index contributed by atoms with van der Waals surface area (Å²) in [4.78, 5) is 17.0. The van der Waals surface area contributed by atoms with Crippen molar-refractivity contribution in [2.75, 3.05) is 10.6 Å². The first-order valence-corrected chi connectivity index (χ1v) is 7.79. The molecule has 3 rings (SSSR count). The maximum atomic E-state index is 12.8. The van der Waals surface area contributed by atoms with Crippen LogP contribution in [0.4, 0.5) is 11.6 Å². The van der Waals surface area contributed by atoms with E-state index in [1.165, 1.54) is 6.33 Å². The first-order valence-electron chi connectivity index (χ1n) is 7.41. The lowest BCUT2D eigenvalue weighted by Crippen LogP contribution is -2.33. The molecule has 120 valence electrons. The normalized spacial score (nSPS) is 17.0. The number of hydrogen-bond acceptors (Lipinski definition) is 4. The molecule has 0 saturated carbocycles. The molecule has 1 atom stereocenters. The van der Waals surface area contributed by atoms with Gasteiger partial charge in [-0.3, -0.25) is 4.79 Å². The highest BCUT2D eigenvalue weighted by molar-refractivity contribution is 6.30. The number of amides is 1. The third-order valence-corrected chi connectivity index (χ3v) is 4.07. The van der Waals surface area contributed by atoms with Gasteiger partial charge >= 0.3 is 0 Å². The highest BCUT2D eigenvalue weighted by Crippen LogP contribution is 2.35. The van der Waals surface area contributed by atoms with Crippen molar-refractivity contribution >= 4 is 29.1 Å². The zero-order valence-corrected chi connectivity index (χ0v) is 13.9. The minimum absolute atomic E-state index is 0.155. The third kappa shape index (κ3) is 2.94. The van der Waals surface area contributed by atoms with Crippen LogP contribution in [0, 0.1) is 5.92 Å². The lowest BCUT2D eigenvalue weighted by molar-refractivity contribution is -0.113. The summed E-state index contributed by atoms with van der Waals surface area (Å²) in [5.74, 6) is 0.694. The molecule has 1 amide bonds. The van der Waals surface area contributed by atoms with E-state index in [0.29, 0.717) is 22.2 Å². The fourth-order valence-corrected chi connectivity index (χ4v) is 2.90. The number of halogens is 1. The van der Waals surface area contributed by atoms with Gasteiger partial charge in [-0.1, -0.05) is 25.4 Å². The smallest absolute Gasteiger partial charge is 0.255 e. The van der Waals surface area contributed by atoms with Crippen LogP contribution >= 0.6 is 11.6 Å². The Kier molecular flexibility index (Phi) is 4.09. The van der Waals surface area contributed by atoms with E-state index in [0.717, 1.165) is 5.70 Å². The summed E-state index contributed by atoms with van der Waals surface area (Å²) in [6, 6.07) is 6.87. The van der Waals surface area contributed by atoms with E-state index < -0.39 is 0 Å². The molecule has 1 unspecified atom stereocenters. The molecule has 1 aliphatic rings. The van der Waals surface area contributed by atoms with Gasteiger partial charge < -0.3 is 10.6 Å². The van der Waals surface area contributed by atoms with E-state index in [4.69, 9.17) is 11.6 Å². The van der Waals surface area contributed by atoms with E-state index in [2.05, 4.69) is 34.6 Å². The first kappa shape index (κ1) is 15.6. The van der Waals surface area contributed by atoms with Crippen LogP contribution in [0.2, 0.25) is 5.02 Å². The van der Waals surface area contributed by atoms with Gasteiger partial charge in [-0.2, -0.15) is 10.1 Å². The molecular formula is C16H18ClN5O. The Labute approximate surface area is 139 Å². The summed E-state index contributed by atoms with van der Waals surface area (Å²) in [6.07, 6.45) is 1.49. The Bertz CT molecular complexity index is 763. The van der Waals surface area contributed by atoms with E-state index >= 15 is 0 Å². The molecule has 2 aromatic rings. The zero-order valence-electron chi connectivity index (χ0n) is 13.2. The number of anilines is 2. The van der Waals surface area contributed by atoms with Crippen molar-refractivity contribution in [1.82, 2.24) is 14.8 Å². The lowest BCUT2D eigenvalue weighted by atomic mass is 9.92. The fourth-order valence-electron chi connectivity index (χ4n) is 2.77. The van der Waals surface area contributed by atoms with Crippen LogP contribution < -0.4 is 10.6 Å². The Balaban J connectivity index is 1.92. The highest BCUT2D eigenvalue weighted by Gasteiger charge is 2.34. The van der Waals surface area contributed by atoms with Gasteiger partial charge in [0.1, 0.15) is 6.33 Å². The highest BCUT2D eigenvalue weighted by atomic mass is 35.5. The molecule has 0 radical (unpaired) electrons. The fraction of sp³-hybridized carbons (Fsp3) is 0.312. The maximum absolute atomic E-state index is 12.8. The molecule has 23 heavy (non-hydrogen) atoms. The van der Waals surface area contributed by atoms with E-state index in [9.17, 15) is 4.79 Å². The van der Waals surface area contributed by atoms with Crippen molar-refractivity contribution in [3.05, 3.63) is 46.9 Å². The van der Waals surface area contributed by atoms with E-state index in [1.54, 1.807) is 28.9 Å². The number of benzene rings is 1. The van der Waals surface area contributed by atoms with Gasteiger partial charge in [0.15, 0.2) is 0 Å². The zero-order chi connectivity index (χ0) is 16.6.